The van der Waals surface area contributed by atoms with Gasteiger partial charge in [-0.15, -0.1) is 0 Å². The summed E-state index contributed by atoms with van der Waals surface area (Å²) < 4.78 is 10.6. The molecule has 0 unspecified atom stereocenters. The maximum Gasteiger partial charge on any atom is 0.268 e. The first-order chi connectivity index (χ1) is 11.4. The van der Waals surface area contributed by atoms with E-state index in [1.807, 2.05) is 0 Å². The maximum absolute atomic E-state index is 12.4. The van der Waals surface area contributed by atoms with Crippen LogP contribution in [0.2, 0.25) is 0 Å². The number of hydrogen-bond donors (Lipinski definition) is 3. The average Bonchev–Trinajstić information content (AvgIpc) is 3.14. The van der Waals surface area contributed by atoms with Gasteiger partial charge in [-0.3, -0.25) is 9.59 Å². The quantitative estimate of drug-likeness (QED) is 0.754. The second-order valence-electron chi connectivity index (χ2n) is 5.90. The van der Waals surface area contributed by atoms with Crippen molar-refractivity contribution in [3.8, 4) is 11.5 Å². The molecule has 0 aliphatic carbocycles. The Morgan fingerprint density at radius 1 is 1.25 bits per heavy atom. The highest BCUT2D eigenvalue weighted by Gasteiger charge is 2.28. The van der Waals surface area contributed by atoms with E-state index in [0.29, 0.717) is 11.5 Å². The summed E-state index contributed by atoms with van der Waals surface area (Å²) in [4.78, 5) is 28.8. The number of amides is 2. The average molecular weight is 333 g/mol. The van der Waals surface area contributed by atoms with Gasteiger partial charge in [-0.25, -0.2) is 0 Å². The van der Waals surface area contributed by atoms with Gasteiger partial charge in [0.15, 0.2) is 11.5 Å². The van der Waals surface area contributed by atoms with E-state index >= 15 is 0 Å². The molecule has 0 spiro atoms. The fraction of sp³-hybridized carbons (Fsp3) is 0.375. The predicted molar refractivity (Wildman–Crippen MR) is 86.1 cm³/mol. The number of carbonyl (C=O) groups excluding carboxylic acids is 2. The first-order valence-electron chi connectivity index (χ1n) is 7.49. The molecule has 1 aromatic carbocycles. The van der Waals surface area contributed by atoms with Crippen LogP contribution in [-0.4, -0.2) is 59.8 Å². The van der Waals surface area contributed by atoms with Gasteiger partial charge in [-0.2, -0.15) is 0 Å². The highest BCUT2D eigenvalue weighted by atomic mass is 16.7. The van der Waals surface area contributed by atoms with Crippen LogP contribution in [0.1, 0.15) is 17.4 Å². The number of rotatable bonds is 4. The summed E-state index contributed by atoms with van der Waals surface area (Å²) in [5.74, 6) is 0.378. The van der Waals surface area contributed by atoms with Crippen LogP contribution in [0.25, 0.3) is 10.9 Å². The molecule has 3 N–H and O–H groups in total. The molecule has 128 valence electrons. The van der Waals surface area contributed by atoms with Gasteiger partial charge in [-0.05, 0) is 19.1 Å². The van der Waals surface area contributed by atoms with Gasteiger partial charge in [0.1, 0.15) is 11.7 Å². The molecule has 0 saturated heterocycles. The van der Waals surface area contributed by atoms with Crippen LogP contribution in [0, 0.1) is 0 Å². The molecule has 1 aliphatic rings. The topological polar surface area (TPSA) is 104 Å². The first kappa shape index (κ1) is 16.1. The number of hydrogen-bond acceptors (Lipinski definition) is 5. The minimum atomic E-state index is -1.02. The minimum absolute atomic E-state index is 0.179. The van der Waals surface area contributed by atoms with Crippen LogP contribution in [0.15, 0.2) is 18.2 Å². The third-order valence-corrected chi connectivity index (χ3v) is 3.83. The molecule has 0 bridgehead atoms. The molecule has 0 fully saturated rings. The lowest BCUT2D eigenvalue weighted by atomic mass is 10.1. The second-order valence-corrected chi connectivity index (χ2v) is 5.90. The van der Waals surface area contributed by atoms with Gasteiger partial charge in [0, 0.05) is 31.1 Å². The first-order valence-corrected chi connectivity index (χ1v) is 7.49. The zero-order valence-electron chi connectivity index (χ0n) is 13.6. The van der Waals surface area contributed by atoms with Gasteiger partial charge >= 0.3 is 0 Å². The zero-order chi connectivity index (χ0) is 17.4. The Morgan fingerprint density at radius 2 is 1.92 bits per heavy atom. The number of ether oxygens (including phenoxy) is 2. The molecule has 0 radical (unpaired) electrons. The van der Waals surface area contributed by atoms with E-state index in [2.05, 4.69) is 10.3 Å². The molecule has 2 aromatic rings. The Kier molecular flexibility index (Phi) is 4.06. The zero-order valence-corrected chi connectivity index (χ0v) is 13.6. The molecule has 2 atom stereocenters. The standard InChI is InChI=1S/C16H19N3O5/c1-8(20)14(16(22)19(2)3)18-15(21)11-4-9-5-12-13(24-7-23-12)6-10(9)17-11/h4-6,8,14,17,20H,7H2,1-3H3,(H,18,21)/t8-,14+/m1/s1. The van der Waals surface area contributed by atoms with Crippen molar-refractivity contribution in [2.75, 3.05) is 20.9 Å². The summed E-state index contributed by atoms with van der Waals surface area (Å²) in [5.41, 5.74) is 1.00. The number of aliphatic hydroxyl groups is 1. The smallest absolute Gasteiger partial charge is 0.268 e. The molecule has 2 amide bonds. The van der Waals surface area contributed by atoms with Crippen LogP contribution in [0.5, 0.6) is 11.5 Å². The third-order valence-electron chi connectivity index (χ3n) is 3.83. The van der Waals surface area contributed by atoms with Crippen LogP contribution >= 0.6 is 0 Å². The van der Waals surface area contributed by atoms with Crippen molar-refractivity contribution in [3.05, 3.63) is 23.9 Å². The maximum atomic E-state index is 12.4. The number of aliphatic hydroxyl groups excluding tert-OH is 1. The van der Waals surface area contributed by atoms with E-state index in [1.54, 1.807) is 32.3 Å². The Morgan fingerprint density at radius 3 is 2.54 bits per heavy atom. The molecule has 1 aliphatic heterocycles. The van der Waals surface area contributed by atoms with E-state index in [-0.39, 0.29) is 18.4 Å². The van der Waals surface area contributed by atoms with Crippen LogP contribution in [0.4, 0.5) is 0 Å². The van der Waals surface area contributed by atoms with Crippen molar-refractivity contribution in [3.63, 3.8) is 0 Å². The number of nitrogens with one attached hydrogen (secondary N) is 2. The monoisotopic (exact) mass is 333 g/mol. The lowest BCUT2D eigenvalue weighted by molar-refractivity contribution is -0.133. The van der Waals surface area contributed by atoms with E-state index in [0.717, 1.165) is 10.9 Å². The van der Waals surface area contributed by atoms with E-state index in [1.165, 1.54) is 11.8 Å². The highest BCUT2D eigenvalue weighted by molar-refractivity contribution is 6.00. The Labute approximate surface area is 138 Å². The summed E-state index contributed by atoms with van der Waals surface area (Å²) in [5, 5.41) is 13.1. The van der Waals surface area contributed by atoms with Gasteiger partial charge < -0.3 is 29.8 Å². The van der Waals surface area contributed by atoms with Crippen molar-refractivity contribution in [1.29, 1.82) is 0 Å². The van der Waals surface area contributed by atoms with Crippen molar-refractivity contribution >= 4 is 22.7 Å². The molecule has 0 saturated carbocycles. The number of aromatic amines is 1. The van der Waals surface area contributed by atoms with Crippen LogP contribution < -0.4 is 14.8 Å². The molecule has 2 heterocycles. The van der Waals surface area contributed by atoms with Gasteiger partial charge in [0.05, 0.1) is 6.10 Å². The van der Waals surface area contributed by atoms with Crippen molar-refractivity contribution < 1.29 is 24.2 Å². The number of aromatic nitrogens is 1. The highest BCUT2D eigenvalue weighted by Crippen LogP contribution is 2.36. The van der Waals surface area contributed by atoms with E-state index < -0.39 is 18.1 Å². The molecular formula is C16H19N3O5. The number of benzene rings is 1. The summed E-state index contributed by atoms with van der Waals surface area (Å²) in [6, 6.07) is 4.18. The Bertz CT molecular complexity index is 755. The largest absolute Gasteiger partial charge is 0.454 e. The molecule has 24 heavy (non-hydrogen) atoms. The number of H-pyrrole nitrogens is 1. The fourth-order valence-corrected chi connectivity index (χ4v) is 2.53. The Balaban J connectivity index is 1.84. The lowest BCUT2D eigenvalue weighted by Crippen LogP contribution is -2.52. The predicted octanol–water partition coefficient (Wildman–Crippen LogP) is 0.464. The summed E-state index contributed by atoms with van der Waals surface area (Å²) in [6.45, 7) is 1.63. The summed E-state index contributed by atoms with van der Waals surface area (Å²) in [7, 11) is 3.13. The van der Waals surface area contributed by atoms with Gasteiger partial charge in [0.25, 0.3) is 5.91 Å². The number of fused-ring (bicyclic) bond motifs is 2. The minimum Gasteiger partial charge on any atom is -0.454 e. The van der Waals surface area contributed by atoms with Crippen molar-refractivity contribution in [2.24, 2.45) is 0 Å². The number of likely N-dealkylation sites (N-methyl/N-ethyl adjacent to an activating group) is 1. The van der Waals surface area contributed by atoms with Crippen LogP contribution in [0.3, 0.4) is 0 Å². The van der Waals surface area contributed by atoms with Gasteiger partial charge in [0.2, 0.25) is 12.7 Å². The van der Waals surface area contributed by atoms with Crippen molar-refractivity contribution in [2.45, 2.75) is 19.1 Å². The van der Waals surface area contributed by atoms with Crippen molar-refractivity contribution in [1.82, 2.24) is 15.2 Å². The molecular weight excluding hydrogens is 314 g/mol. The number of carbonyl (C=O) groups is 2. The van der Waals surface area contributed by atoms with E-state index in [9.17, 15) is 14.7 Å². The molecule has 1 aromatic heterocycles. The second kappa shape index (κ2) is 6.04. The number of nitrogens with zero attached hydrogens (tertiary/aromatic N) is 1. The Hall–Kier alpha value is -2.74. The van der Waals surface area contributed by atoms with Crippen LogP contribution in [-0.2, 0) is 4.79 Å². The molecule has 3 rings (SSSR count). The lowest BCUT2D eigenvalue weighted by Gasteiger charge is -2.23. The summed E-state index contributed by atoms with van der Waals surface area (Å²) in [6.07, 6.45) is -1.01. The molecule has 8 nitrogen and oxygen atoms in total. The third kappa shape index (κ3) is 2.88. The van der Waals surface area contributed by atoms with E-state index in [4.69, 9.17) is 9.47 Å². The van der Waals surface area contributed by atoms with Gasteiger partial charge in [-0.1, -0.05) is 0 Å². The fourth-order valence-electron chi connectivity index (χ4n) is 2.53. The summed E-state index contributed by atoms with van der Waals surface area (Å²) >= 11 is 0. The molecule has 8 heteroatoms. The SMILES string of the molecule is C[C@@H](O)[C@H](NC(=O)c1cc2cc3c(cc2[nH]1)OCO3)C(=O)N(C)C. The normalized spacial score (nSPS) is 15.2.